The van der Waals surface area contributed by atoms with Crippen molar-refractivity contribution >= 4 is 32.7 Å². The van der Waals surface area contributed by atoms with Crippen molar-refractivity contribution in [3.05, 3.63) is 228 Å². The van der Waals surface area contributed by atoms with Gasteiger partial charge in [-0.05, 0) is 125 Å². The first-order valence-corrected chi connectivity index (χ1v) is 20.1. The molecule has 10 rings (SSSR count). The summed E-state index contributed by atoms with van der Waals surface area (Å²) in [6.07, 6.45) is 0. The van der Waals surface area contributed by atoms with Crippen LogP contribution in [0.1, 0.15) is 47.2 Å². The topological polar surface area (TPSA) is 0 Å². The highest BCUT2D eigenvalue weighted by molar-refractivity contribution is 6.23. The molecule has 0 aromatic heterocycles. The Labute approximate surface area is 336 Å². The smallest absolute Gasteiger partial charge is 0.0165 e. The van der Waals surface area contributed by atoms with Gasteiger partial charge in [-0.3, -0.25) is 0 Å². The summed E-state index contributed by atoms with van der Waals surface area (Å²) in [4.78, 5) is 0. The van der Waals surface area contributed by atoms with Crippen molar-refractivity contribution in [2.45, 2.75) is 33.1 Å². The molecule has 9 aromatic carbocycles. The molecule has 0 unspecified atom stereocenters. The van der Waals surface area contributed by atoms with Gasteiger partial charge in [0.15, 0.2) is 0 Å². The van der Waals surface area contributed by atoms with E-state index >= 15 is 0 Å². The van der Waals surface area contributed by atoms with E-state index in [-0.39, 0.29) is 5.41 Å². The molecule has 0 N–H and O–H groups in total. The number of rotatable bonds is 6. The third-order valence-corrected chi connectivity index (χ3v) is 12.2. The van der Waals surface area contributed by atoms with Crippen molar-refractivity contribution in [1.29, 1.82) is 0 Å². The van der Waals surface area contributed by atoms with Gasteiger partial charge in [0.05, 0.1) is 0 Å². The summed E-state index contributed by atoms with van der Waals surface area (Å²) in [7, 11) is 0. The molecule has 0 aliphatic heterocycles. The van der Waals surface area contributed by atoms with Gasteiger partial charge in [-0.15, -0.1) is 0 Å². The fourth-order valence-electron chi connectivity index (χ4n) is 9.42. The molecular weight excluding hydrogens is 685 g/mol. The molecule has 0 heteroatoms. The molecule has 1 aliphatic carbocycles. The van der Waals surface area contributed by atoms with Gasteiger partial charge in [0.1, 0.15) is 0 Å². The normalized spacial score (nSPS) is 13.3. The summed E-state index contributed by atoms with van der Waals surface area (Å²) in [5.41, 5.74) is 20.2. The molecule has 0 radical (unpaired) electrons. The van der Waals surface area contributed by atoms with Crippen LogP contribution in [0, 0.1) is 13.8 Å². The first-order valence-electron chi connectivity index (χ1n) is 20.1. The van der Waals surface area contributed by atoms with E-state index in [2.05, 4.69) is 222 Å². The molecule has 0 saturated carbocycles. The minimum Gasteiger partial charge on any atom is -0.0622 e. The van der Waals surface area contributed by atoms with E-state index in [0.29, 0.717) is 0 Å². The zero-order valence-corrected chi connectivity index (χ0v) is 33.0. The van der Waals surface area contributed by atoms with Gasteiger partial charge in [0, 0.05) is 5.41 Å². The molecule has 0 bridgehead atoms. The predicted octanol–water partition coefficient (Wildman–Crippen LogP) is 15.5. The first-order chi connectivity index (χ1) is 27.9. The molecule has 1 aliphatic rings. The van der Waals surface area contributed by atoms with E-state index in [0.717, 1.165) is 0 Å². The highest BCUT2D eigenvalue weighted by Gasteiger charge is 2.39. The Morgan fingerprint density at radius 3 is 1.35 bits per heavy atom. The van der Waals surface area contributed by atoms with Crippen molar-refractivity contribution in [3.8, 4) is 44.5 Å². The molecule has 9 aromatic rings. The molecule has 0 spiro atoms. The van der Waals surface area contributed by atoms with Crippen LogP contribution in [0.25, 0.3) is 77.2 Å². The number of allylic oxidation sites excluding steroid dienone is 1. The fraction of sp³-hybridized carbons (Fsp3) is 0.0877. The Balaban J connectivity index is 1.21. The number of aryl methyl sites for hydroxylation is 2. The van der Waals surface area contributed by atoms with Crippen molar-refractivity contribution in [1.82, 2.24) is 0 Å². The highest BCUT2D eigenvalue weighted by Crippen LogP contribution is 2.55. The van der Waals surface area contributed by atoms with E-state index in [4.69, 9.17) is 0 Å². The predicted molar refractivity (Wildman–Crippen MR) is 244 cm³/mol. The van der Waals surface area contributed by atoms with E-state index in [1.54, 1.807) is 0 Å². The van der Waals surface area contributed by atoms with Crippen LogP contribution in [0.2, 0.25) is 0 Å². The lowest BCUT2D eigenvalue weighted by molar-refractivity contribution is 0.704. The largest absolute Gasteiger partial charge is 0.0622 e. The quantitative estimate of drug-likeness (QED) is 0.150. The Morgan fingerprint density at radius 2 is 0.772 bits per heavy atom. The third-order valence-electron chi connectivity index (χ3n) is 12.2. The van der Waals surface area contributed by atoms with Gasteiger partial charge in [-0.2, -0.15) is 0 Å². The van der Waals surface area contributed by atoms with Gasteiger partial charge < -0.3 is 0 Å². The second kappa shape index (κ2) is 13.8. The second-order valence-electron chi connectivity index (χ2n) is 16.2. The molecule has 0 fully saturated rings. The summed E-state index contributed by atoms with van der Waals surface area (Å²) < 4.78 is 0. The van der Waals surface area contributed by atoms with Gasteiger partial charge >= 0.3 is 0 Å². The lowest BCUT2D eigenvalue weighted by Crippen LogP contribution is -2.16. The van der Waals surface area contributed by atoms with Crippen LogP contribution in [0.3, 0.4) is 0 Å². The standard InChI is InChI=1S/C57H44/c1-37-23-27-41(28-24-37)54-50-34-32-44(36-52(50)57(3,4)56(54)42-29-25-38(2)26-30-42)53-45-19-11-13-21-47(45)55(48-22-14-12-20-46(48)53)49-33-31-43(39-15-7-5-8-16-39)35-51(49)40-17-9-6-10-18-40/h5-36H,1-4H3. The SMILES string of the molecule is Cc1ccc(C2=C(c3ccc(C)cc3)C(C)(C)c3cc(-c4c5ccccc5c(-c5ccc(-c6ccccc6)cc5-c5ccccc5)c5ccccc45)ccc32)cc1. The number of hydrogen-bond donors (Lipinski definition) is 0. The van der Waals surface area contributed by atoms with Crippen LogP contribution in [-0.2, 0) is 5.41 Å². The van der Waals surface area contributed by atoms with Gasteiger partial charge in [0.25, 0.3) is 0 Å². The average Bonchev–Trinajstić information content (AvgIpc) is 3.49. The Kier molecular flexibility index (Phi) is 8.38. The molecule has 57 heavy (non-hydrogen) atoms. The Bertz CT molecular complexity index is 2940. The molecule has 0 nitrogen and oxygen atoms in total. The zero-order chi connectivity index (χ0) is 38.7. The number of benzene rings is 9. The number of fused-ring (bicyclic) bond motifs is 3. The van der Waals surface area contributed by atoms with Crippen LogP contribution in [0.15, 0.2) is 194 Å². The van der Waals surface area contributed by atoms with E-state index in [1.165, 1.54) is 111 Å². The molecule has 0 saturated heterocycles. The third kappa shape index (κ3) is 5.83. The first kappa shape index (κ1) is 34.7. The van der Waals surface area contributed by atoms with E-state index < -0.39 is 0 Å². The fourth-order valence-corrected chi connectivity index (χ4v) is 9.42. The summed E-state index contributed by atoms with van der Waals surface area (Å²) >= 11 is 0. The second-order valence-corrected chi connectivity index (χ2v) is 16.2. The molecule has 272 valence electrons. The molecule has 0 heterocycles. The maximum atomic E-state index is 2.50. The maximum absolute atomic E-state index is 2.50. The summed E-state index contributed by atoms with van der Waals surface area (Å²) in [5.74, 6) is 0. The monoisotopic (exact) mass is 728 g/mol. The molecule has 0 atom stereocenters. The zero-order valence-electron chi connectivity index (χ0n) is 33.0. The highest BCUT2D eigenvalue weighted by atomic mass is 14.4. The summed E-state index contributed by atoms with van der Waals surface area (Å²) in [6.45, 7) is 9.16. The summed E-state index contributed by atoms with van der Waals surface area (Å²) in [6, 6.07) is 72.2. The van der Waals surface area contributed by atoms with Crippen molar-refractivity contribution in [2.75, 3.05) is 0 Å². The van der Waals surface area contributed by atoms with Crippen molar-refractivity contribution in [3.63, 3.8) is 0 Å². The molecule has 0 amide bonds. The lowest BCUT2D eigenvalue weighted by Gasteiger charge is -2.26. The molecular formula is C57H44. The van der Waals surface area contributed by atoms with Gasteiger partial charge in [-0.1, -0.05) is 207 Å². The minimum absolute atomic E-state index is 0.225. The van der Waals surface area contributed by atoms with Crippen LogP contribution < -0.4 is 0 Å². The minimum atomic E-state index is -0.225. The van der Waals surface area contributed by atoms with Crippen LogP contribution >= 0.6 is 0 Å². The average molecular weight is 729 g/mol. The van der Waals surface area contributed by atoms with Gasteiger partial charge in [-0.25, -0.2) is 0 Å². The maximum Gasteiger partial charge on any atom is 0.0165 e. The van der Waals surface area contributed by atoms with Crippen LogP contribution in [0.5, 0.6) is 0 Å². The van der Waals surface area contributed by atoms with E-state index in [1.807, 2.05) is 0 Å². The lowest BCUT2D eigenvalue weighted by atomic mass is 9.77. The number of hydrogen-bond acceptors (Lipinski definition) is 0. The summed E-state index contributed by atoms with van der Waals surface area (Å²) in [5, 5.41) is 5.04. The van der Waals surface area contributed by atoms with Gasteiger partial charge in [0.2, 0.25) is 0 Å². The van der Waals surface area contributed by atoms with Crippen molar-refractivity contribution in [2.24, 2.45) is 0 Å². The van der Waals surface area contributed by atoms with Crippen LogP contribution in [-0.4, -0.2) is 0 Å². The Morgan fingerprint density at radius 1 is 0.316 bits per heavy atom. The van der Waals surface area contributed by atoms with Crippen molar-refractivity contribution < 1.29 is 0 Å². The Hall–Kier alpha value is -6.76. The van der Waals surface area contributed by atoms with E-state index in [9.17, 15) is 0 Å². The van der Waals surface area contributed by atoms with Crippen LogP contribution in [0.4, 0.5) is 0 Å².